The molecule has 1 heterocycles. The van der Waals surface area contributed by atoms with Crippen LogP contribution in [0.5, 0.6) is 0 Å². The molecule has 0 saturated heterocycles. The first-order chi connectivity index (χ1) is 8.56. The molecule has 0 aliphatic rings. The van der Waals surface area contributed by atoms with Gasteiger partial charge in [-0.25, -0.2) is 9.18 Å². The summed E-state index contributed by atoms with van der Waals surface area (Å²) < 4.78 is 17.8. The summed E-state index contributed by atoms with van der Waals surface area (Å²) in [5.74, 6) is -0.865. The van der Waals surface area contributed by atoms with E-state index in [1.807, 2.05) is 0 Å². The van der Waals surface area contributed by atoms with Gasteiger partial charge in [0.1, 0.15) is 12.1 Å². The van der Waals surface area contributed by atoms with Gasteiger partial charge in [-0.05, 0) is 40.2 Å². The van der Waals surface area contributed by atoms with Gasteiger partial charge < -0.3 is 9.73 Å². The molecule has 0 aliphatic heterocycles. The molecule has 1 aromatic heterocycles. The molecule has 0 fully saturated rings. The van der Waals surface area contributed by atoms with Crippen molar-refractivity contribution in [1.29, 1.82) is 0 Å². The lowest BCUT2D eigenvalue weighted by molar-refractivity contribution is 0.102. The van der Waals surface area contributed by atoms with Crippen molar-refractivity contribution >= 4 is 27.5 Å². The van der Waals surface area contributed by atoms with Crippen LogP contribution in [-0.2, 0) is 0 Å². The summed E-state index contributed by atoms with van der Waals surface area (Å²) in [6.07, 6.45) is 1.07. The van der Waals surface area contributed by atoms with Crippen molar-refractivity contribution in [2.45, 2.75) is 0 Å². The first-order valence-electron chi connectivity index (χ1n) is 4.91. The third-order valence-corrected chi connectivity index (χ3v) is 2.75. The molecule has 0 unspecified atom stereocenters. The van der Waals surface area contributed by atoms with E-state index in [1.54, 1.807) is 0 Å². The highest BCUT2D eigenvalue weighted by Gasteiger charge is 2.08. The van der Waals surface area contributed by atoms with Crippen LogP contribution >= 0.6 is 15.9 Å². The lowest BCUT2D eigenvalue weighted by Crippen LogP contribution is -2.13. The highest BCUT2D eigenvalue weighted by Crippen LogP contribution is 2.20. The smallest absolute Gasteiger partial charge is 0.335 e. The van der Waals surface area contributed by atoms with E-state index in [0.29, 0.717) is 5.69 Å². The van der Waals surface area contributed by atoms with E-state index >= 15 is 0 Å². The van der Waals surface area contributed by atoms with Gasteiger partial charge in [0.25, 0.3) is 5.91 Å². The largest absolute Gasteiger partial charge is 0.430 e. The topological polar surface area (TPSA) is 59.3 Å². The van der Waals surface area contributed by atoms with Gasteiger partial charge in [-0.3, -0.25) is 4.79 Å². The standard InChI is InChI=1S/C12H7BrFNO3/c13-9-5-8(2-3-10(9)14)15-12(17)7-1-4-11(16)18-6-7/h1-6H,(H,15,17). The molecule has 0 bridgehead atoms. The minimum Gasteiger partial charge on any atom is -0.430 e. The highest BCUT2D eigenvalue weighted by atomic mass is 79.9. The summed E-state index contributed by atoms with van der Waals surface area (Å²) in [5, 5.41) is 2.55. The van der Waals surface area contributed by atoms with Gasteiger partial charge in [0.05, 0.1) is 10.0 Å². The summed E-state index contributed by atoms with van der Waals surface area (Å²) in [5.41, 5.74) is 0.102. The van der Waals surface area contributed by atoms with Gasteiger partial charge in [0, 0.05) is 11.8 Å². The molecular formula is C12H7BrFNO3. The molecule has 0 spiro atoms. The van der Waals surface area contributed by atoms with Crippen LogP contribution < -0.4 is 10.9 Å². The van der Waals surface area contributed by atoms with Crippen molar-refractivity contribution in [1.82, 2.24) is 0 Å². The van der Waals surface area contributed by atoms with Crippen LogP contribution in [0.2, 0.25) is 0 Å². The fraction of sp³-hybridized carbons (Fsp3) is 0. The Morgan fingerprint density at radius 1 is 1.28 bits per heavy atom. The quantitative estimate of drug-likeness (QED) is 0.927. The zero-order valence-corrected chi connectivity index (χ0v) is 10.5. The van der Waals surface area contributed by atoms with E-state index in [9.17, 15) is 14.0 Å². The molecule has 1 N–H and O–H groups in total. The minimum atomic E-state index is -0.531. The maximum absolute atomic E-state index is 13.0. The average Bonchev–Trinajstić information content (AvgIpc) is 2.34. The maximum atomic E-state index is 13.0. The second-order valence-electron chi connectivity index (χ2n) is 3.43. The number of benzene rings is 1. The van der Waals surface area contributed by atoms with Gasteiger partial charge in [-0.2, -0.15) is 0 Å². The fourth-order valence-corrected chi connectivity index (χ4v) is 1.64. The Morgan fingerprint density at radius 3 is 2.67 bits per heavy atom. The zero-order chi connectivity index (χ0) is 13.1. The van der Waals surface area contributed by atoms with E-state index in [2.05, 4.69) is 25.7 Å². The molecule has 4 nitrogen and oxygen atoms in total. The second-order valence-corrected chi connectivity index (χ2v) is 4.28. The Bertz CT molecular complexity index is 634. The van der Waals surface area contributed by atoms with Crippen LogP contribution in [0.4, 0.5) is 10.1 Å². The molecule has 0 aliphatic carbocycles. The number of amides is 1. The zero-order valence-electron chi connectivity index (χ0n) is 8.94. The molecule has 2 rings (SSSR count). The SMILES string of the molecule is O=C(Nc1ccc(F)c(Br)c1)c1ccc(=O)oc1. The number of nitrogens with one attached hydrogen (secondary N) is 1. The van der Waals surface area contributed by atoms with Crippen LogP contribution in [0.3, 0.4) is 0 Å². The molecule has 0 saturated carbocycles. The summed E-state index contributed by atoms with van der Waals surface area (Å²) in [6.45, 7) is 0. The predicted octanol–water partition coefficient (Wildman–Crippen LogP) is 2.79. The Balaban J connectivity index is 2.18. The molecule has 18 heavy (non-hydrogen) atoms. The van der Waals surface area contributed by atoms with Crippen LogP contribution in [0.1, 0.15) is 10.4 Å². The van der Waals surface area contributed by atoms with Crippen LogP contribution in [0, 0.1) is 5.82 Å². The predicted molar refractivity (Wildman–Crippen MR) is 67.0 cm³/mol. The minimum absolute atomic E-state index is 0.204. The maximum Gasteiger partial charge on any atom is 0.335 e. The number of halogens is 2. The Hall–Kier alpha value is -1.95. The highest BCUT2D eigenvalue weighted by molar-refractivity contribution is 9.10. The molecule has 1 amide bonds. The first-order valence-corrected chi connectivity index (χ1v) is 5.71. The van der Waals surface area contributed by atoms with Gasteiger partial charge in [-0.15, -0.1) is 0 Å². The van der Waals surface area contributed by atoms with Crippen molar-refractivity contribution in [2.75, 3.05) is 5.32 Å². The number of anilines is 1. The van der Waals surface area contributed by atoms with Crippen molar-refractivity contribution in [3.05, 3.63) is 62.9 Å². The number of hydrogen-bond acceptors (Lipinski definition) is 3. The number of hydrogen-bond donors (Lipinski definition) is 1. The Labute approximate surface area is 110 Å². The third-order valence-electron chi connectivity index (χ3n) is 2.14. The van der Waals surface area contributed by atoms with Gasteiger partial charge >= 0.3 is 5.63 Å². The van der Waals surface area contributed by atoms with Crippen molar-refractivity contribution in [3.8, 4) is 0 Å². The van der Waals surface area contributed by atoms with Gasteiger partial charge in [-0.1, -0.05) is 0 Å². The summed E-state index contributed by atoms with van der Waals surface area (Å²) >= 11 is 3.02. The normalized spacial score (nSPS) is 10.1. The Kier molecular flexibility index (Phi) is 3.57. The van der Waals surface area contributed by atoms with Crippen LogP contribution in [0.25, 0.3) is 0 Å². The summed E-state index contributed by atoms with van der Waals surface area (Å²) in [6, 6.07) is 6.59. The summed E-state index contributed by atoms with van der Waals surface area (Å²) in [7, 11) is 0. The van der Waals surface area contributed by atoms with Crippen molar-refractivity contribution < 1.29 is 13.6 Å². The molecule has 92 valence electrons. The number of rotatable bonds is 2. The molecule has 0 radical (unpaired) electrons. The lowest BCUT2D eigenvalue weighted by Gasteiger charge is -2.05. The summed E-state index contributed by atoms with van der Waals surface area (Å²) in [4.78, 5) is 22.5. The van der Waals surface area contributed by atoms with Crippen LogP contribution in [0.15, 0.2) is 50.3 Å². The van der Waals surface area contributed by atoms with Gasteiger partial charge in [0.2, 0.25) is 0 Å². The molecule has 6 heteroatoms. The molecule has 0 atom stereocenters. The fourth-order valence-electron chi connectivity index (χ4n) is 1.26. The Morgan fingerprint density at radius 2 is 2.06 bits per heavy atom. The van der Waals surface area contributed by atoms with Crippen molar-refractivity contribution in [3.63, 3.8) is 0 Å². The number of carbonyl (C=O) groups excluding carboxylic acids is 1. The van der Waals surface area contributed by atoms with E-state index in [0.717, 1.165) is 12.3 Å². The molecule has 1 aromatic carbocycles. The van der Waals surface area contributed by atoms with E-state index in [1.165, 1.54) is 24.3 Å². The van der Waals surface area contributed by atoms with Gasteiger partial charge in [0.15, 0.2) is 0 Å². The average molecular weight is 312 g/mol. The second kappa shape index (κ2) is 5.14. The first kappa shape index (κ1) is 12.5. The molecular weight excluding hydrogens is 305 g/mol. The lowest BCUT2D eigenvalue weighted by atomic mass is 10.2. The van der Waals surface area contributed by atoms with Crippen LogP contribution in [-0.4, -0.2) is 5.91 Å². The van der Waals surface area contributed by atoms with E-state index < -0.39 is 17.3 Å². The monoisotopic (exact) mass is 311 g/mol. The van der Waals surface area contributed by atoms with E-state index in [-0.39, 0.29) is 10.0 Å². The van der Waals surface area contributed by atoms with E-state index in [4.69, 9.17) is 0 Å². The number of carbonyl (C=O) groups is 1. The molecule has 2 aromatic rings. The third kappa shape index (κ3) is 2.84. The van der Waals surface area contributed by atoms with Crippen molar-refractivity contribution in [2.24, 2.45) is 0 Å².